The maximum Gasteiger partial charge on any atom is 0.336 e. The van der Waals surface area contributed by atoms with Crippen LogP contribution in [0.3, 0.4) is 0 Å². The van der Waals surface area contributed by atoms with Crippen molar-refractivity contribution >= 4 is 46.5 Å². The van der Waals surface area contributed by atoms with Crippen LogP contribution in [0.25, 0.3) is 33.4 Å². The number of phenols is 1. The van der Waals surface area contributed by atoms with Gasteiger partial charge in [-0.05, 0) is 29.8 Å². The molecule has 1 aliphatic heterocycles. The van der Waals surface area contributed by atoms with Crippen LogP contribution in [0.4, 0.5) is 14.5 Å². The number of carboxylic acids is 5. The van der Waals surface area contributed by atoms with Crippen LogP contribution in [-0.2, 0) is 23.9 Å². The number of nitrogens with zero attached hydrogens (tertiary/aromatic N) is 2. The Bertz CT molecular complexity index is 2020. The SMILES string of the molecule is O=C(O)CN(CCOCCOc1cc(C(=O)O)c(-c2c3cc(F)c(=O)cc-3oc3cc(O)c(F)cc23)cc1N(CC(=O)O)CC(=O)O)CC(=O)O. The van der Waals surface area contributed by atoms with E-state index in [2.05, 4.69) is 0 Å². The minimum atomic E-state index is -1.63. The lowest BCUT2D eigenvalue weighted by Crippen LogP contribution is -2.37. The molecule has 0 saturated heterocycles. The van der Waals surface area contributed by atoms with Gasteiger partial charge in [0.15, 0.2) is 17.4 Å². The Morgan fingerprint density at radius 3 is 1.94 bits per heavy atom. The van der Waals surface area contributed by atoms with Crippen LogP contribution in [0.2, 0.25) is 0 Å². The van der Waals surface area contributed by atoms with Crippen molar-refractivity contribution in [1.82, 2.24) is 4.90 Å². The molecule has 17 nitrogen and oxygen atoms in total. The highest BCUT2D eigenvalue weighted by atomic mass is 19.1. The minimum Gasteiger partial charge on any atom is -0.505 e. The number of phenolic OH excluding ortho intramolecular Hbond substituents is 1. The molecule has 1 aliphatic carbocycles. The topological polar surface area (TPSA) is 262 Å². The number of rotatable bonds is 18. The van der Waals surface area contributed by atoms with Gasteiger partial charge in [0.25, 0.3) is 0 Å². The van der Waals surface area contributed by atoms with Gasteiger partial charge in [-0.3, -0.25) is 28.9 Å². The van der Waals surface area contributed by atoms with Gasteiger partial charge in [-0.15, -0.1) is 0 Å². The number of aromatic hydroxyl groups is 1. The molecule has 51 heavy (non-hydrogen) atoms. The maximum absolute atomic E-state index is 14.7. The molecule has 19 heteroatoms. The lowest BCUT2D eigenvalue weighted by Gasteiger charge is -2.26. The number of carboxylic acid groups (broad SMARTS) is 5. The summed E-state index contributed by atoms with van der Waals surface area (Å²) < 4.78 is 46.1. The van der Waals surface area contributed by atoms with Crippen LogP contribution in [0.1, 0.15) is 10.4 Å². The molecule has 0 bridgehead atoms. The van der Waals surface area contributed by atoms with E-state index in [0.29, 0.717) is 6.07 Å². The average molecular weight is 719 g/mol. The van der Waals surface area contributed by atoms with Crippen molar-refractivity contribution in [1.29, 1.82) is 0 Å². The molecule has 6 N–H and O–H groups in total. The highest BCUT2D eigenvalue weighted by Gasteiger charge is 2.28. The van der Waals surface area contributed by atoms with E-state index in [1.54, 1.807) is 0 Å². The van der Waals surface area contributed by atoms with Gasteiger partial charge in [-0.2, -0.15) is 0 Å². The Hall–Kier alpha value is -6.34. The van der Waals surface area contributed by atoms with Gasteiger partial charge in [0.1, 0.15) is 36.8 Å². The first kappa shape index (κ1) is 37.5. The third-order valence-corrected chi connectivity index (χ3v) is 7.19. The molecule has 0 aromatic heterocycles. The first-order valence-electron chi connectivity index (χ1n) is 14.6. The predicted octanol–water partition coefficient (Wildman–Crippen LogP) is 2.09. The van der Waals surface area contributed by atoms with E-state index in [1.165, 1.54) is 0 Å². The number of aliphatic carboxylic acids is 4. The van der Waals surface area contributed by atoms with Crippen molar-refractivity contribution in [2.45, 2.75) is 0 Å². The normalized spacial score (nSPS) is 11.2. The lowest BCUT2D eigenvalue weighted by molar-refractivity contribution is -0.142. The van der Waals surface area contributed by atoms with E-state index >= 15 is 0 Å². The Labute approximate surface area is 284 Å². The highest BCUT2D eigenvalue weighted by molar-refractivity contribution is 6.09. The van der Waals surface area contributed by atoms with Crippen LogP contribution >= 0.6 is 0 Å². The van der Waals surface area contributed by atoms with Crippen LogP contribution in [0.5, 0.6) is 11.5 Å². The fourth-order valence-corrected chi connectivity index (χ4v) is 5.16. The van der Waals surface area contributed by atoms with Crippen LogP contribution in [0, 0.1) is 11.6 Å². The third kappa shape index (κ3) is 9.22. The van der Waals surface area contributed by atoms with Crippen molar-refractivity contribution < 1.29 is 77.3 Å². The van der Waals surface area contributed by atoms with E-state index < -0.39 is 84.4 Å². The highest BCUT2D eigenvalue weighted by Crippen LogP contribution is 2.45. The molecule has 2 aromatic carbocycles. The fourth-order valence-electron chi connectivity index (χ4n) is 5.16. The van der Waals surface area contributed by atoms with Crippen molar-refractivity contribution in [3.05, 3.63) is 63.8 Å². The standard InChI is InChI=1S/C32H28F2N2O15/c33-19-5-17-24(9-22(19)37)51-25-10-23(38)20(34)6-18(25)31(17)15-7-21(36(13-29(43)44)14-30(45)46)26(8-16(15)32(47)48)50-4-3-49-2-1-35(11-27(39)40)12-28(41)42/h5-10,37H,1-4,11-14H2,(H,39,40)(H,41,42)(H,43,44)(H,45,46)(H,47,48). The van der Waals surface area contributed by atoms with Gasteiger partial charge in [-0.1, -0.05) is 0 Å². The summed E-state index contributed by atoms with van der Waals surface area (Å²) in [6.45, 7) is -3.94. The molecule has 0 saturated carbocycles. The van der Waals surface area contributed by atoms with Gasteiger partial charge in [0, 0.05) is 35.2 Å². The number of fused-ring (bicyclic) bond motifs is 2. The van der Waals surface area contributed by atoms with E-state index in [0.717, 1.165) is 40.1 Å². The molecule has 270 valence electrons. The largest absolute Gasteiger partial charge is 0.505 e. The maximum atomic E-state index is 14.7. The summed E-state index contributed by atoms with van der Waals surface area (Å²) in [6.07, 6.45) is 0. The fraction of sp³-hybridized carbons (Fsp3) is 0.250. The van der Waals surface area contributed by atoms with Crippen LogP contribution in [0.15, 0.2) is 45.6 Å². The second kappa shape index (κ2) is 15.9. The van der Waals surface area contributed by atoms with E-state index in [-0.39, 0.29) is 71.2 Å². The molecular weight excluding hydrogens is 690 g/mol. The Morgan fingerprint density at radius 1 is 0.725 bits per heavy atom. The molecule has 0 atom stereocenters. The van der Waals surface area contributed by atoms with E-state index in [9.17, 15) is 58.0 Å². The van der Waals surface area contributed by atoms with E-state index in [1.807, 2.05) is 0 Å². The number of ether oxygens (including phenoxy) is 2. The Morgan fingerprint density at radius 2 is 1.35 bits per heavy atom. The molecule has 0 amide bonds. The molecule has 4 rings (SSSR count). The van der Waals surface area contributed by atoms with Gasteiger partial charge in [0.05, 0.1) is 37.6 Å². The molecule has 0 radical (unpaired) electrons. The van der Waals surface area contributed by atoms with Crippen LogP contribution in [-0.4, -0.2) is 118 Å². The molecule has 1 heterocycles. The second-order valence-electron chi connectivity index (χ2n) is 10.8. The summed E-state index contributed by atoms with van der Waals surface area (Å²) in [5, 5.41) is 57.2. The number of anilines is 1. The average Bonchev–Trinajstić information content (AvgIpc) is 3.01. The number of hydrogen-bond acceptors (Lipinski definition) is 12. The monoisotopic (exact) mass is 718 g/mol. The van der Waals surface area contributed by atoms with Gasteiger partial charge < -0.3 is 49.4 Å². The molecule has 0 fully saturated rings. The number of carbonyl (C=O) groups is 5. The number of aromatic carboxylic acids is 1. The first-order valence-corrected chi connectivity index (χ1v) is 14.6. The summed E-state index contributed by atoms with van der Waals surface area (Å²) in [4.78, 5) is 72.4. The van der Waals surface area contributed by atoms with Gasteiger partial charge in [-0.25, -0.2) is 13.6 Å². The van der Waals surface area contributed by atoms with Crippen molar-refractivity contribution in [3.63, 3.8) is 0 Å². The van der Waals surface area contributed by atoms with Crippen molar-refractivity contribution in [2.75, 3.05) is 57.4 Å². The van der Waals surface area contributed by atoms with Gasteiger partial charge in [0.2, 0.25) is 5.43 Å². The van der Waals surface area contributed by atoms with Crippen molar-refractivity contribution in [3.8, 4) is 33.9 Å². The molecule has 2 aliphatic rings. The molecule has 0 spiro atoms. The second-order valence-corrected chi connectivity index (χ2v) is 10.8. The smallest absolute Gasteiger partial charge is 0.336 e. The quantitative estimate of drug-likeness (QED) is 0.0635. The number of benzene rings is 3. The summed E-state index contributed by atoms with van der Waals surface area (Å²) in [5.74, 6) is -11.2. The minimum absolute atomic E-state index is 0.106. The Kier molecular flexibility index (Phi) is 11.7. The zero-order valence-electron chi connectivity index (χ0n) is 26.1. The summed E-state index contributed by atoms with van der Waals surface area (Å²) in [6, 6.07) is 5.01. The lowest BCUT2D eigenvalue weighted by atomic mass is 9.89. The molecular formula is C32H28F2N2O15. The number of hydrogen-bond donors (Lipinski definition) is 6. The van der Waals surface area contributed by atoms with Crippen LogP contribution < -0.4 is 15.1 Å². The zero-order chi connectivity index (χ0) is 37.6. The molecule has 0 unspecified atom stereocenters. The zero-order valence-corrected chi connectivity index (χ0v) is 26.1. The summed E-state index contributed by atoms with van der Waals surface area (Å²) in [5.41, 5.74) is -3.08. The Balaban J connectivity index is 1.84. The first-order chi connectivity index (χ1) is 24.0. The van der Waals surface area contributed by atoms with Crippen molar-refractivity contribution in [2.24, 2.45) is 0 Å². The van der Waals surface area contributed by atoms with E-state index in [4.69, 9.17) is 24.1 Å². The van der Waals surface area contributed by atoms with Gasteiger partial charge >= 0.3 is 29.8 Å². The summed E-state index contributed by atoms with van der Waals surface area (Å²) in [7, 11) is 0. The summed E-state index contributed by atoms with van der Waals surface area (Å²) >= 11 is 0. The third-order valence-electron chi connectivity index (χ3n) is 7.19. The predicted molar refractivity (Wildman–Crippen MR) is 169 cm³/mol. The number of halogens is 2. The molecule has 2 aromatic rings.